The van der Waals surface area contributed by atoms with Crippen LogP contribution in [-0.4, -0.2) is 25.4 Å². The number of amides is 1. The van der Waals surface area contributed by atoms with E-state index in [1.54, 1.807) is 37.3 Å². The molecule has 1 atom stereocenters. The molecule has 23 heavy (non-hydrogen) atoms. The number of rotatable bonds is 6. The van der Waals surface area contributed by atoms with Crippen LogP contribution in [0.4, 0.5) is 5.69 Å². The molecule has 0 aliphatic rings. The van der Waals surface area contributed by atoms with Gasteiger partial charge in [0.25, 0.3) is 5.91 Å². The molecule has 1 N–H and O–H groups in total. The highest BCUT2D eigenvalue weighted by Gasteiger charge is 2.17. The second-order valence-electron chi connectivity index (χ2n) is 4.78. The molecule has 120 valence electrons. The van der Waals surface area contributed by atoms with E-state index in [9.17, 15) is 9.59 Å². The highest BCUT2D eigenvalue weighted by molar-refractivity contribution is 9.10. The normalized spacial score (nSPS) is 11.4. The molecule has 0 heterocycles. The van der Waals surface area contributed by atoms with E-state index >= 15 is 0 Å². The van der Waals surface area contributed by atoms with Crippen LogP contribution in [0.25, 0.3) is 0 Å². The van der Waals surface area contributed by atoms with Gasteiger partial charge in [0, 0.05) is 10.2 Å². The SMILES string of the molecule is COc1ccc(O[C@H](C)C(=O)Nc2ccc(Br)cc2)c(C=O)c1. The largest absolute Gasteiger partial charge is 0.497 e. The molecular formula is C17H16BrNO4. The summed E-state index contributed by atoms with van der Waals surface area (Å²) in [5, 5.41) is 2.75. The molecule has 0 fully saturated rings. The summed E-state index contributed by atoms with van der Waals surface area (Å²) >= 11 is 3.33. The number of anilines is 1. The fourth-order valence-corrected chi connectivity index (χ4v) is 2.14. The van der Waals surface area contributed by atoms with Crippen molar-refractivity contribution in [1.82, 2.24) is 0 Å². The molecular weight excluding hydrogens is 362 g/mol. The van der Waals surface area contributed by atoms with Crippen LogP contribution in [0.3, 0.4) is 0 Å². The second-order valence-corrected chi connectivity index (χ2v) is 5.69. The third kappa shape index (κ3) is 4.56. The van der Waals surface area contributed by atoms with Gasteiger partial charge in [-0.25, -0.2) is 0 Å². The quantitative estimate of drug-likeness (QED) is 0.779. The monoisotopic (exact) mass is 377 g/mol. The standard InChI is InChI=1S/C17H16BrNO4/c1-11(17(21)19-14-5-3-13(18)4-6-14)23-16-8-7-15(22-2)9-12(16)10-20/h3-11H,1-2H3,(H,19,21)/t11-/m1/s1. The van der Waals surface area contributed by atoms with E-state index < -0.39 is 6.10 Å². The van der Waals surface area contributed by atoms with Crippen LogP contribution in [0.15, 0.2) is 46.9 Å². The van der Waals surface area contributed by atoms with Gasteiger partial charge in [-0.1, -0.05) is 15.9 Å². The summed E-state index contributed by atoms with van der Waals surface area (Å²) in [5.41, 5.74) is 0.992. The molecule has 0 spiro atoms. The van der Waals surface area contributed by atoms with Crippen molar-refractivity contribution in [2.24, 2.45) is 0 Å². The van der Waals surface area contributed by atoms with E-state index in [1.165, 1.54) is 7.11 Å². The number of ether oxygens (including phenoxy) is 2. The molecule has 5 nitrogen and oxygen atoms in total. The first-order chi connectivity index (χ1) is 11.0. The van der Waals surface area contributed by atoms with Crippen LogP contribution in [0.5, 0.6) is 11.5 Å². The summed E-state index contributed by atoms with van der Waals surface area (Å²) in [6.07, 6.45) is -0.0947. The summed E-state index contributed by atoms with van der Waals surface area (Å²) in [6.45, 7) is 1.62. The third-order valence-corrected chi connectivity index (χ3v) is 3.66. The van der Waals surface area contributed by atoms with E-state index in [-0.39, 0.29) is 5.91 Å². The van der Waals surface area contributed by atoms with Gasteiger partial charge in [-0.05, 0) is 49.4 Å². The molecule has 2 aromatic carbocycles. The number of benzene rings is 2. The highest BCUT2D eigenvalue weighted by Crippen LogP contribution is 2.24. The Morgan fingerprint density at radius 1 is 1.22 bits per heavy atom. The number of carbonyl (C=O) groups is 2. The van der Waals surface area contributed by atoms with Crippen molar-refractivity contribution in [3.05, 3.63) is 52.5 Å². The first kappa shape index (κ1) is 17.0. The van der Waals surface area contributed by atoms with Crippen LogP contribution >= 0.6 is 15.9 Å². The molecule has 1 amide bonds. The molecule has 0 aromatic heterocycles. The van der Waals surface area contributed by atoms with Gasteiger partial charge in [0.05, 0.1) is 12.7 Å². The Balaban J connectivity index is 2.06. The molecule has 0 aliphatic carbocycles. The van der Waals surface area contributed by atoms with Crippen molar-refractivity contribution in [3.8, 4) is 11.5 Å². The Morgan fingerprint density at radius 2 is 1.91 bits per heavy atom. The number of aldehydes is 1. The zero-order valence-corrected chi connectivity index (χ0v) is 14.3. The van der Waals surface area contributed by atoms with Gasteiger partial charge in [0.2, 0.25) is 0 Å². The zero-order valence-electron chi connectivity index (χ0n) is 12.7. The lowest BCUT2D eigenvalue weighted by Crippen LogP contribution is -2.30. The number of methoxy groups -OCH3 is 1. The van der Waals surface area contributed by atoms with E-state index in [1.807, 2.05) is 12.1 Å². The molecule has 0 bridgehead atoms. The van der Waals surface area contributed by atoms with E-state index in [2.05, 4.69) is 21.2 Å². The molecule has 0 saturated carbocycles. The van der Waals surface area contributed by atoms with Gasteiger partial charge >= 0.3 is 0 Å². The van der Waals surface area contributed by atoms with Crippen LogP contribution in [-0.2, 0) is 4.79 Å². The number of carbonyl (C=O) groups excluding carboxylic acids is 2. The predicted molar refractivity (Wildman–Crippen MR) is 91.2 cm³/mol. The van der Waals surface area contributed by atoms with Crippen molar-refractivity contribution in [1.29, 1.82) is 0 Å². The first-order valence-electron chi connectivity index (χ1n) is 6.90. The molecule has 2 rings (SSSR count). The number of nitrogens with one attached hydrogen (secondary N) is 1. The Labute approximate surface area is 142 Å². The van der Waals surface area contributed by atoms with Crippen LogP contribution in [0.1, 0.15) is 17.3 Å². The van der Waals surface area contributed by atoms with Gasteiger partial charge in [0.1, 0.15) is 11.5 Å². The topological polar surface area (TPSA) is 64.6 Å². The number of hydrogen-bond donors (Lipinski definition) is 1. The molecule has 0 radical (unpaired) electrons. The van der Waals surface area contributed by atoms with Gasteiger partial charge in [0.15, 0.2) is 12.4 Å². The molecule has 0 saturated heterocycles. The summed E-state index contributed by atoms with van der Waals surface area (Å²) in [7, 11) is 1.51. The van der Waals surface area contributed by atoms with Gasteiger partial charge in [-0.2, -0.15) is 0 Å². The molecule has 0 unspecified atom stereocenters. The lowest BCUT2D eigenvalue weighted by molar-refractivity contribution is -0.122. The Hall–Kier alpha value is -2.34. The zero-order chi connectivity index (χ0) is 16.8. The van der Waals surface area contributed by atoms with E-state index in [0.29, 0.717) is 29.0 Å². The minimum atomic E-state index is -0.759. The number of hydrogen-bond acceptors (Lipinski definition) is 4. The fraction of sp³-hybridized carbons (Fsp3) is 0.176. The second kappa shape index (κ2) is 7.78. The average Bonchev–Trinajstić information content (AvgIpc) is 2.57. The molecule has 0 aliphatic heterocycles. The van der Waals surface area contributed by atoms with Crippen LogP contribution in [0, 0.1) is 0 Å². The lowest BCUT2D eigenvalue weighted by Gasteiger charge is -2.16. The highest BCUT2D eigenvalue weighted by atomic mass is 79.9. The third-order valence-electron chi connectivity index (χ3n) is 3.13. The lowest BCUT2D eigenvalue weighted by atomic mass is 10.2. The molecule has 2 aromatic rings. The maximum absolute atomic E-state index is 12.2. The van der Waals surface area contributed by atoms with Gasteiger partial charge in [-0.3, -0.25) is 9.59 Å². The summed E-state index contributed by atoms with van der Waals surface area (Å²) < 4.78 is 11.6. The van der Waals surface area contributed by atoms with Crippen molar-refractivity contribution in [2.45, 2.75) is 13.0 Å². The van der Waals surface area contributed by atoms with E-state index in [4.69, 9.17) is 9.47 Å². The smallest absolute Gasteiger partial charge is 0.265 e. The minimum Gasteiger partial charge on any atom is -0.497 e. The average molecular weight is 378 g/mol. The summed E-state index contributed by atoms with van der Waals surface area (Å²) in [6, 6.07) is 12.0. The minimum absolute atomic E-state index is 0.306. The van der Waals surface area contributed by atoms with Crippen LogP contribution < -0.4 is 14.8 Å². The van der Waals surface area contributed by atoms with Crippen molar-refractivity contribution in [2.75, 3.05) is 12.4 Å². The molecule has 6 heteroatoms. The number of halogens is 1. The summed E-state index contributed by atoms with van der Waals surface area (Å²) in [5.74, 6) is 0.575. The Kier molecular flexibility index (Phi) is 5.76. The van der Waals surface area contributed by atoms with E-state index in [0.717, 1.165) is 4.47 Å². The van der Waals surface area contributed by atoms with Crippen molar-refractivity contribution in [3.63, 3.8) is 0 Å². The van der Waals surface area contributed by atoms with Gasteiger partial charge in [-0.15, -0.1) is 0 Å². The first-order valence-corrected chi connectivity index (χ1v) is 7.69. The maximum Gasteiger partial charge on any atom is 0.265 e. The Bertz CT molecular complexity index is 700. The fourth-order valence-electron chi connectivity index (χ4n) is 1.87. The predicted octanol–water partition coefficient (Wildman–Crippen LogP) is 3.68. The van der Waals surface area contributed by atoms with Crippen LogP contribution in [0.2, 0.25) is 0 Å². The Morgan fingerprint density at radius 3 is 2.52 bits per heavy atom. The summed E-state index contributed by atoms with van der Waals surface area (Å²) in [4.78, 5) is 23.3. The van der Waals surface area contributed by atoms with Crippen molar-refractivity contribution >= 4 is 33.8 Å². The van der Waals surface area contributed by atoms with Gasteiger partial charge < -0.3 is 14.8 Å². The van der Waals surface area contributed by atoms with Crippen molar-refractivity contribution < 1.29 is 19.1 Å². The maximum atomic E-state index is 12.2.